The van der Waals surface area contributed by atoms with E-state index in [0.29, 0.717) is 30.0 Å². The molecule has 1 aromatic heterocycles. The van der Waals surface area contributed by atoms with Crippen molar-refractivity contribution in [2.24, 2.45) is 0 Å². The molecule has 0 N–H and O–H groups in total. The van der Waals surface area contributed by atoms with Gasteiger partial charge in [-0.15, -0.1) is 0 Å². The summed E-state index contributed by atoms with van der Waals surface area (Å²) < 4.78 is 54.9. The second-order valence-electron chi connectivity index (χ2n) is 11.3. The summed E-state index contributed by atoms with van der Waals surface area (Å²) >= 11 is 0. The number of esters is 1. The topological polar surface area (TPSA) is 61.3 Å². The number of nitrogens with zero attached hydrogens (tertiary/aromatic N) is 2. The number of aromatic nitrogens is 2. The van der Waals surface area contributed by atoms with Gasteiger partial charge in [-0.3, -0.25) is 0 Å². The van der Waals surface area contributed by atoms with Gasteiger partial charge in [-0.05, 0) is 69.4 Å². The number of benzene rings is 2. The Morgan fingerprint density at radius 3 is 2.14 bits per heavy atom. The minimum absolute atomic E-state index is 0.133. The van der Waals surface area contributed by atoms with Crippen molar-refractivity contribution in [3.8, 4) is 34.0 Å². The van der Waals surface area contributed by atoms with Crippen molar-refractivity contribution < 1.29 is 27.4 Å². The third-order valence-electron chi connectivity index (χ3n) is 7.52. The van der Waals surface area contributed by atoms with Crippen molar-refractivity contribution >= 4 is 5.97 Å². The molecule has 0 fully saturated rings. The van der Waals surface area contributed by atoms with Crippen LogP contribution >= 0.6 is 0 Å². The zero-order chi connectivity index (χ0) is 31.2. The van der Waals surface area contributed by atoms with E-state index in [1.807, 2.05) is 6.07 Å². The third-order valence-corrected chi connectivity index (χ3v) is 7.52. The summed E-state index contributed by atoms with van der Waals surface area (Å²) in [5.41, 5.74) is 0.0346. The minimum Gasteiger partial charge on any atom is -0.487 e. The Morgan fingerprint density at radius 2 is 1.49 bits per heavy atom. The smallest absolute Gasteiger partial charge is 0.348 e. The van der Waals surface area contributed by atoms with Crippen LogP contribution in [0.1, 0.15) is 91.9 Å². The van der Waals surface area contributed by atoms with Gasteiger partial charge >= 0.3 is 5.97 Å². The number of halogens is 3. The van der Waals surface area contributed by atoms with Gasteiger partial charge in [-0.1, -0.05) is 76.6 Å². The molecule has 4 unspecified atom stereocenters. The van der Waals surface area contributed by atoms with E-state index < -0.39 is 30.1 Å². The molecule has 0 amide bonds. The molecule has 234 valence electrons. The van der Waals surface area contributed by atoms with E-state index >= 15 is 0 Å². The fourth-order valence-corrected chi connectivity index (χ4v) is 4.80. The highest BCUT2D eigenvalue weighted by Gasteiger charge is 2.34. The van der Waals surface area contributed by atoms with E-state index in [0.717, 1.165) is 56.1 Å². The van der Waals surface area contributed by atoms with Crippen molar-refractivity contribution in [2.75, 3.05) is 0 Å². The number of rotatable bonds is 18. The molecule has 0 radical (unpaired) electrons. The number of hydrogen-bond acceptors (Lipinski definition) is 5. The Morgan fingerprint density at radius 1 is 0.860 bits per heavy atom. The van der Waals surface area contributed by atoms with Gasteiger partial charge in [0.2, 0.25) is 5.67 Å². The molecule has 0 spiro atoms. The number of carbonyl (C=O) groups is 1. The van der Waals surface area contributed by atoms with Crippen LogP contribution < -0.4 is 9.47 Å². The summed E-state index contributed by atoms with van der Waals surface area (Å²) in [6.07, 6.45) is 6.94. The van der Waals surface area contributed by atoms with Crippen molar-refractivity contribution in [1.29, 1.82) is 0 Å². The van der Waals surface area contributed by atoms with Crippen molar-refractivity contribution in [1.82, 2.24) is 9.97 Å². The molecular formula is C35H45F3N2O3. The summed E-state index contributed by atoms with van der Waals surface area (Å²) in [6.45, 7) is 6.65. The number of alkyl halides is 3. The van der Waals surface area contributed by atoms with Gasteiger partial charge in [0.25, 0.3) is 0 Å². The fourth-order valence-electron chi connectivity index (χ4n) is 4.80. The summed E-state index contributed by atoms with van der Waals surface area (Å²) in [5.74, 6) is 0.149. The SMILES string of the molecule is CCCCCCCC(C)(F)C(=O)Oc1ccc(-c2cnc(-c3ccccc3OC(CCCCC)C(F)C(C)F)nc2)cc1. The highest BCUT2D eigenvalue weighted by atomic mass is 19.2. The van der Waals surface area contributed by atoms with Gasteiger partial charge in [-0.2, -0.15) is 0 Å². The molecule has 0 saturated heterocycles. The number of para-hydroxylation sites is 1. The maximum Gasteiger partial charge on any atom is 0.348 e. The molecule has 2 aromatic carbocycles. The van der Waals surface area contributed by atoms with Gasteiger partial charge in [0.1, 0.15) is 23.8 Å². The Labute approximate surface area is 254 Å². The lowest BCUT2D eigenvalue weighted by atomic mass is 9.99. The number of carbonyl (C=O) groups excluding carboxylic acids is 1. The predicted octanol–water partition coefficient (Wildman–Crippen LogP) is 9.83. The quantitative estimate of drug-likeness (QED) is 0.0829. The van der Waals surface area contributed by atoms with E-state index in [9.17, 15) is 18.0 Å². The molecule has 0 saturated carbocycles. The van der Waals surface area contributed by atoms with Crippen molar-refractivity contribution in [3.63, 3.8) is 0 Å². The van der Waals surface area contributed by atoms with Crippen LogP contribution in [0.4, 0.5) is 13.2 Å². The molecule has 0 bridgehead atoms. The van der Waals surface area contributed by atoms with E-state index in [1.165, 1.54) is 13.8 Å². The number of ether oxygens (including phenoxy) is 2. The molecule has 0 aliphatic carbocycles. The Kier molecular flexibility index (Phi) is 13.5. The third kappa shape index (κ3) is 10.4. The molecule has 5 nitrogen and oxygen atoms in total. The number of unbranched alkanes of at least 4 members (excludes halogenated alkanes) is 6. The van der Waals surface area contributed by atoms with Crippen LogP contribution in [-0.2, 0) is 4.79 Å². The Balaban J connectivity index is 1.67. The first-order chi connectivity index (χ1) is 20.7. The van der Waals surface area contributed by atoms with E-state index in [-0.39, 0.29) is 12.2 Å². The highest BCUT2D eigenvalue weighted by Crippen LogP contribution is 2.32. The maximum absolute atomic E-state index is 14.9. The lowest BCUT2D eigenvalue weighted by Crippen LogP contribution is -2.34. The summed E-state index contributed by atoms with van der Waals surface area (Å²) in [6, 6.07) is 13.8. The zero-order valence-corrected chi connectivity index (χ0v) is 25.8. The van der Waals surface area contributed by atoms with Gasteiger partial charge in [0.05, 0.1) is 5.56 Å². The monoisotopic (exact) mass is 598 g/mol. The first-order valence-electron chi connectivity index (χ1n) is 15.5. The van der Waals surface area contributed by atoms with Gasteiger partial charge < -0.3 is 9.47 Å². The molecule has 3 aromatic rings. The van der Waals surface area contributed by atoms with Crippen LogP contribution in [0.25, 0.3) is 22.5 Å². The second kappa shape index (κ2) is 17.0. The zero-order valence-electron chi connectivity index (χ0n) is 25.8. The largest absolute Gasteiger partial charge is 0.487 e. The maximum atomic E-state index is 14.9. The van der Waals surface area contributed by atoms with Crippen LogP contribution in [0, 0.1) is 0 Å². The Bertz CT molecular complexity index is 1250. The average Bonchev–Trinajstić information content (AvgIpc) is 3.01. The van der Waals surface area contributed by atoms with E-state index in [2.05, 4.69) is 23.8 Å². The lowest BCUT2D eigenvalue weighted by Gasteiger charge is -2.24. The van der Waals surface area contributed by atoms with Crippen LogP contribution in [0.3, 0.4) is 0 Å². The molecule has 0 aliphatic rings. The first-order valence-corrected chi connectivity index (χ1v) is 15.5. The molecule has 8 heteroatoms. The molecule has 43 heavy (non-hydrogen) atoms. The van der Waals surface area contributed by atoms with Gasteiger partial charge in [0.15, 0.2) is 12.0 Å². The van der Waals surface area contributed by atoms with Gasteiger partial charge in [0, 0.05) is 18.0 Å². The second-order valence-corrected chi connectivity index (χ2v) is 11.3. The summed E-state index contributed by atoms with van der Waals surface area (Å²) in [5, 5.41) is 0. The minimum atomic E-state index is -2.04. The first kappa shape index (κ1) is 34.1. The van der Waals surface area contributed by atoms with Crippen LogP contribution in [0.2, 0.25) is 0 Å². The van der Waals surface area contributed by atoms with Crippen LogP contribution in [-0.4, -0.2) is 40.1 Å². The molecule has 3 rings (SSSR count). The van der Waals surface area contributed by atoms with Crippen LogP contribution in [0.15, 0.2) is 60.9 Å². The highest BCUT2D eigenvalue weighted by molar-refractivity contribution is 5.81. The fraction of sp³-hybridized carbons (Fsp3) is 0.514. The normalized spacial score (nSPS) is 14.9. The van der Waals surface area contributed by atoms with Crippen molar-refractivity contribution in [2.45, 2.75) is 116 Å². The predicted molar refractivity (Wildman–Crippen MR) is 165 cm³/mol. The van der Waals surface area contributed by atoms with E-state index in [4.69, 9.17) is 9.47 Å². The summed E-state index contributed by atoms with van der Waals surface area (Å²) in [4.78, 5) is 21.5. The lowest BCUT2D eigenvalue weighted by molar-refractivity contribution is -0.147. The summed E-state index contributed by atoms with van der Waals surface area (Å²) in [7, 11) is 0. The van der Waals surface area contributed by atoms with Gasteiger partial charge in [-0.25, -0.2) is 27.9 Å². The standard InChI is InChI=1S/C35H45F3N2O3/c1-5-7-9-10-14-22-35(4,38)34(41)42-28-20-18-26(19-21-28)27-23-39-33(40-24-27)29-15-12-13-16-30(29)43-31(17-11-8-6-2)32(37)25(3)36/h12-13,15-16,18-21,23-25,31-32H,5-11,14,17,22H2,1-4H3. The average molecular weight is 599 g/mol. The Hall–Kier alpha value is -3.42. The molecular weight excluding hydrogens is 553 g/mol. The van der Waals surface area contributed by atoms with Crippen LogP contribution in [0.5, 0.6) is 11.5 Å². The molecule has 1 heterocycles. The molecule has 4 atom stereocenters. The van der Waals surface area contributed by atoms with E-state index in [1.54, 1.807) is 54.9 Å². The van der Waals surface area contributed by atoms with Crippen molar-refractivity contribution in [3.05, 3.63) is 60.9 Å². The number of hydrogen-bond donors (Lipinski definition) is 0. The molecule has 0 aliphatic heterocycles.